The Hall–Kier alpha value is -0.810. The highest BCUT2D eigenvalue weighted by molar-refractivity contribution is 9.10. The van der Waals surface area contributed by atoms with Crippen LogP contribution in [0.5, 0.6) is 0 Å². The summed E-state index contributed by atoms with van der Waals surface area (Å²) >= 11 is 4.75. The molecule has 0 bridgehead atoms. The van der Waals surface area contributed by atoms with E-state index in [2.05, 4.69) is 26.1 Å². The zero-order valence-corrected chi connectivity index (χ0v) is 11.0. The van der Waals surface area contributed by atoms with E-state index >= 15 is 0 Å². The number of nitrogens with two attached hydrogens (primary N) is 1. The second kappa shape index (κ2) is 5.92. The fourth-order valence-corrected chi connectivity index (χ4v) is 1.30. The third kappa shape index (κ3) is 4.05. The fraction of sp³-hybridized carbons (Fsp3) is 0.200. The Balaban J connectivity index is 2.85. The summed E-state index contributed by atoms with van der Waals surface area (Å²) in [6.45, 7) is 1.90. The first-order valence-electron chi connectivity index (χ1n) is 4.31. The van der Waals surface area contributed by atoms with E-state index in [1.807, 2.05) is 37.4 Å². The first-order chi connectivity index (χ1) is 7.13. The van der Waals surface area contributed by atoms with Crippen molar-refractivity contribution in [2.24, 2.45) is 15.9 Å². The Bertz CT molecular complexity index is 384. The summed E-state index contributed by atoms with van der Waals surface area (Å²) in [7, 11) is 0. The zero-order valence-electron chi connectivity index (χ0n) is 8.57. The minimum Gasteiger partial charge on any atom is -0.377 e. The molecule has 0 spiro atoms. The van der Waals surface area contributed by atoms with Crippen molar-refractivity contribution >= 4 is 38.6 Å². The first kappa shape index (κ1) is 12.3. The topological polar surface area (TPSA) is 50.7 Å². The van der Waals surface area contributed by atoms with Gasteiger partial charge in [0.05, 0.1) is 5.71 Å². The maximum atomic E-state index is 5.52. The molecule has 1 rings (SSSR count). The summed E-state index contributed by atoms with van der Waals surface area (Å²) in [4.78, 5) is 0. The van der Waals surface area contributed by atoms with Crippen LogP contribution in [0.2, 0.25) is 0 Å². The molecule has 0 amide bonds. The van der Waals surface area contributed by atoms with E-state index in [1.54, 1.807) is 0 Å². The van der Waals surface area contributed by atoms with Gasteiger partial charge in [-0.2, -0.15) is 5.10 Å². The van der Waals surface area contributed by atoms with Gasteiger partial charge in [-0.3, -0.25) is 0 Å². The molecular formula is C10H12BrN3S. The molecule has 0 unspecified atom stereocenters. The highest BCUT2D eigenvalue weighted by Crippen LogP contribution is 2.11. The number of thioether (sulfide) groups is 1. The van der Waals surface area contributed by atoms with Crippen LogP contribution in [0.1, 0.15) is 12.5 Å². The molecule has 80 valence electrons. The molecule has 0 radical (unpaired) electrons. The van der Waals surface area contributed by atoms with E-state index in [-0.39, 0.29) is 0 Å². The standard InChI is InChI=1S/C10H12BrN3S/c1-7(13-14-10(12)15-2)8-3-5-9(11)6-4-8/h3-6H,1-2H3,(H2,12,14). The lowest BCUT2D eigenvalue weighted by molar-refractivity contribution is 1.23. The van der Waals surface area contributed by atoms with E-state index in [4.69, 9.17) is 5.73 Å². The molecule has 3 nitrogen and oxygen atoms in total. The van der Waals surface area contributed by atoms with Crippen molar-refractivity contribution in [1.82, 2.24) is 0 Å². The number of hydrogen-bond donors (Lipinski definition) is 1. The van der Waals surface area contributed by atoms with Gasteiger partial charge in [0.1, 0.15) is 0 Å². The molecular weight excluding hydrogens is 274 g/mol. The van der Waals surface area contributed by atoms with Crippen LogP contribution >= 0.6 is 27.7 Å². The highest BCUT2D eigenvalue weighted by Gasteiger charge is 1.96. The maximum Gasteiger partial charge on any atom is 0.180 e. The summed E-state index contributed by atoms with van der Waals surface area (Å²) in [5.74, 6) is 0. The van der Waals surface area contributed by atoms with Gasteiger partial charge in [-0.25, -0.2) is 0 Å². The minimum atomic E-state index is 0.464. The second-order valence-electron chi connectivity index (χ2n) is 2.83. The number of halogens is 1. The monoisotopic (exact) mass is 285 g/mol. The van der Waals surface area contributed by atoms with Gasteiger partial charge in [-0.15, -0.1) is 5.10 Å². The molecule has 0 aromatic heterocycles. The number of hydrogen-bond acceptors (Lipinski definition) is 3. The third-order valence-corrected chi connectivity index (χ3v) is 2.80. The van der Waals surface area contributed by atoms with Crippen LogP contribution in [0.15, 0.2) is 38.9 Å². The molecule has 0 aliphatic heterocycles. The largest absolute Gasteiger partial charge is 0.377 e. The number of benzene rings is 1. The summed E-state index contributed by atoms with van der Waals surface area (Å²) in [6.07, 6.45) is 1.86. The average molecular weight is 286 g/mol. The van der Waals surface area contributed by atoms with E-state index in [1.165, 1.54) is 11.8 Å². The van der Waals surface area contributed by atoms with Gasteiger partial charge in [0.15, 0.2) is 5.17 Å². The number of nitrogens with zero attached hydrogens (tertiary/aromatic N) is 2. The van der Waals surface area contributed by atoms with Crippen molar-refractivity contribution in [3.63, 3.8) is 0 Å². The van der Waals surface area contributed by atoms with Crippen LogP contribution in [0.25, 0.3) is 0 Å². The van der Waals surface area contributed by atoms with Gasteiger partial charge in [0.25, 0.3) is 0 Å². The summed E-state index contributed by atoms with van der Waals surface area (Å²) in [5.41, 5.74) is 7.41. The molecule has 1 aromatic carbocycles. The lowest BCUT2D eigenvalue weighted by atomic mass is 10.1. The molecule has 0 aliphatic rings. The SMILES string of the molecule is CSC(N)=NN=C(C)c1ccc(Br)cc1. The van der Waals surface area contributed by atoms with Crippen LogP contribution in [0.3, 0.4) is 0 Å². The Morgan fingerprint density at radius 1 is 1.27 bits per heavy atom. The summed E-state index contributed by atoms with van der Waals surface area (Å²) in [6, 6.07) is 7.90. The molecule has 0 atom stereocenters. The fourth-order valence-electron chi connectivity index (χ4n) is 0.914. The number of amidine groups is 1. The zero-order chi connectivity index (χ0) is 11.3. The van der Waals surface area contributed by atoms with Gasteiger partial charge in [0.2, 0.25) is 0 Å². The molecule has 0 fully saturated rings. The molecule has 15 heavy (non-hydrogen) atoms. The van der Waals surface area contributed by atoms with Crippen molar-refractivity contribution in [2.45, 2.75) is 6.92 Å². The average Bonchev–Trinajstić information content (AvgIpc) is 2.26. The van der Waals surface area contributed by atoms with Crippen LogP contribution in [-0.4, -0.2) is 17.1 Å². The van der Waals surface area contributed by atoms with Gasteiger partial charge in [0, 0.05) is 4.47 Å². The van der Waals surface area contributed by atoms with Gasteiger partial charge >= 0.3 is 0 Å². The quantitative estimate of drug-likeness (QED) is 0.516. The molecule has 2 N–H and O–H groups in total. The molecule has 0 saturated carbocycles. The normalized spacial score (nSPS) is 13.0. The van der Waals surface area contributed by atoms with Crippen LogP contribution in [-0.2, 0) is 0 Å². The maximum absolute atomic E-state index is 5.52. The van der Waals surface area contributed by atoms with E-state index in [0.717, 1.165) is 15.7 Å². The number of rotatable bonds is 2. The Morgan fingerprint density at radius 2 is 1.87 bits per heavy atom. The molecule has 0 heterocycles. The van der Waals surface area contributed by atoms with E-state index in [9.17, 15) is 0 Å². The van der Waals surface area contributed by atoms with Crippen molar-refractivity contribution in [3.05, 3.63) is 34.3 Å². The first-order valence-corrected chi connectivity index (χ1v) is 6.33. The summed E-state index contributed by atoms with van der Waals surface area (Å²) < 4.78 is 1.05. The molecule has 0 saturated heterocycles. The van der Waals surface area contributed by atoms with E-state index < -0.39 is 0 Å². The van der Waals surface area contributed by atoms with Gasteiger partial charge in [-0.1, -0.05) is 39.8 Å². The Morgan fingerprint density at radius 3 is 2.40 bits per heavy atom. The van der Waals surface area contributed by atoms with Gasteiger partial charge in [-0.05, 0) is 30.9 Å². The minimum absolute atomic E-state index is 0.464. The van der Waals surface area contributed by atoms with Crippen molar-refractivity contribution in [2.75, 3.05) is 6.26 Å². The van der Waals surface area contributed by atoms with Crippen molar-refractivity contribution in [3.8, 4) is 0 Å². The van der Waals surface area contributed by atoms with E-state index in [0.29, 0.717) is 5.17 Å². The Kier molecular flexibility index (Phi) is 4.84. The lowest BCUT2D eigenvalue weighted by Gasteiger charge is -1.98. The second-order valence-corrected chi connectivity index (χ2v) is 4.58. The highest BCUT2D eigenvalue weighted by atomic mass is 79.9. The molecule has 1 aromatic rings. The Labute approximate surface area is 102 Å². The predicted molar refractivity (Wildman–Crippen MR) is 71.5 cm³/mol. The third-order valence-electron chi connectivity index (χ3n) is 1.77. The van der Waals surface area contributed by atoms with Crippen LogP contribution in [0.4, 0.5) is 0 Å². The molecule has 5 heteroatoms. The molecule has 0 aliphatic carbocycles. The van der Waals surface area contributed by atoms with Crippen LogP contribution < -0.4 is 5.73 Å². The van der Waals surface area contributed by atoms with Gasteiger partial charge < -0.3 is 5.73 Å². The smallest absolute Gasteiger partial charge is 0.180 e. The van der Waals surface area contributed by atoms with Crippen LogP contribution in [0, 0.1) is 0 Å². The van der Waals surface area contributed by atoms with Crippen molar-refractivity contribution in [1.29, 1.82) is 0 Å². The predicted octanol–water partition coefficient (Wildman–Crippen LogP) is 2.85. The summed E-state index contributed by atoms with van der Waals surface area (Å²) in [5, 5.41) is 8.38. The van der Waals surface area contributed by atoms with Crippen molar-refractivity contribution < 1.29 is 0 Å². The lowest BCUT2D eigenvalue weighted by Crippen LogP contribution is -2.05.